The second-order valence-electron chi connectivity index (χ2n) is 30.8. The third kappa shape index (κ3) is 10.3. The second-order valence-corrected chi connectivity index (χ2v) is 30.8. The monoisotopic (exact) mass is 1460 g/mol. The fourth-order valence-corrected chi connectivity index (χ4v) is 19.4. The van der Waals surface area contributed by atoms with Crippen molar-refractivity contribution in [2.24, 2.45) is 0 Å². The normalized spacial score (nSPS) is 12.5. The molecule has 0 saturated carbocycles. The quantitative estimate of drug-likeness (QED) is 0.0734. The molecule has 1 aromatic heterocycles. The zero-order valence-corrected chi connectivity index (χ0v) is 62.4. The van der Waals surface area contributed by atoms with Crippen LogP contribution >= 0.6 is 0 Å². The molecule has 0 amide bonds. The highest BCUT2D eigenvalue weighted by atomic mass is 15.2. The van der Waals surface area contributed by atoms with Gasteiger partial charge in [0, 0.05) is 61.6 Å². The van der Waals surface area contributed by atoms with Crippen LogP contribution in [0.2, 0.25) is 0 Å². The van der Waals surface area contributed by atoms with E-state index in [2.05, 4.69) is 410 Å². The predicted octanol–water partition coefficient (Wildman–Crippen LogP) is 27.1. The molecule has 530 valence electrons. The van der Waals surface area contributed by atoms with Crippen LogP contribution in [0.3, 0.4) is 0 Å². The molecule has 2 aliphatic rings. The molecule has 0 bridgehead atoms. The molecule has 0 saturated heterocycles. The minimum absolute atomic E-state index is 0.330. The number of rotatable bonds is 11. The van der Waals surface area contributed by atoms with Crippen molar-refractivity contribution in [3.8, 4) is 101 Å². The van der Waals surface area contributed by atoms with E-state index in [0.29, 0.717) is 17.5 Å². The minimum Gasteiger partial charge on any atom is -0.311 e. The van der Waals surface area contributed by atoms with Crippen LogP contribution in [0, 0.1) is 0 Å². The van der Waals surface area contributed by atoms with Crippen LogP contribution in [0.5, 0.6) is 0 Å². The largest absolute Gasteiger partial charge is 0.311 e. The summed E-state index contributed by atoms with van der Waals surface area (Å²) >= 11 is 0. The topological polar surface area (TPSA) is 45.2 Å². The Bertz CT molecular complexity index is 7100. The lowest BCUT2D eigenvalue weighted by atomic mass is 9.33. The first-order valence-corrected chi connectivity index (χ1v) is 39.6. The van der Waals surface area contributed by atoms with E-state index in [4.69, 9.17) is 15.0 Å². The van der Waals surface area contributed by atoms with Crippen molar-refractivity contribution < 1.29 is 0 Å². The SMILES string of the molecule is c1ccc(-c2ccc(N3c4cc(-c5nc(-c6cc(-c7ccccc7)cc(-c7ccccc7)c6)nc(-c6cc(-c7ccccc7)cc(-c7ccccc7)c6)n5)cc5c4B(c4cc6c7cccc8cccc(c9cccc(c43)c96)c87)c3cc4c6cccc7cccc(c8cccc(c3N5c3ccc(-c5ccccc5)cc3)c84)c76)cc2)cc1. The molecule has 2 aliphatic heterocycles. The minimum atomic E-state index is -0.330. The summed E-state index contributed by atoms with van der Waals surface area (Å²) in [5, 5.41) is 19.8. The van der Waals surface area contributed by atoms with Crippen LogP contribution in [-0.4, -0.2) is 21.7 Å². The van der Waals surface area contributed by atoms with E-state index in [-0.39, 0.29) is 6.71 Å². The maximum absolute atomic E-state index is 5.97. The van der Waals surface area contributed by atoms with Crippen LogP contribution in [0.4, 0.5) is 34.1 Å². The van der Waals surface area contributed by atoms with E-state index in [1.54, 1.807) is 0 Å². The molecule has 22 aromatic rings. The van der Waals surface area contributed by atoms with Crippen LogP contribution in [0.1, 0.15) is 0 Å². The highest BCUT2D eigenvalue weighted by molar-refractivity contribution is 7.01. The van der Waals surface area contributed by atoms with Gasteiger partial charge in [-0.15, -0.1) is 0 Å². The lowest BCUT2D eigenvalue weighted by molar-refractivity contribution is 1.07. The van der Waals surface area contributed by atoms with Crippen molar-refractivity contribution in [3.63, 3.8) is 0 Å². The summed E-state index contributed by atoms with van der Waals surface area (Å²) in [5.74, 6) is 1.64. The van der Waals surface area contributed by atoms with Crippen LogP contribution in [-0.2, 0) is 0 Å². The average Bonchev–Trinajstić information content (AvgIpc) is 0.672. The molecular formula is C109H66BN5. The Morgan fingerprint density at radius 3 is 0.757 bits per heavy atom. The fourth-order valence-electron chi connectivity index (χ4n) is 19.4. The maximum atomic E-state index is 5.97. The van der Waals surface area contributed by atoms with Gasteiger partial charge in [0.05, 0.1) is 0 Å². The number of aromatic nitrogens is 3. The Kier molecular flexibility index (Phi) is 14.5. The molecule has 5 nitrogen and oxygen atoms in total. The standard InChI is InChI=1S/C109H66BN5/c1-7-25-67(26-8-1)73-49-53-84(54-50-73)114-98-63-83(109-112-107(81-59-77(69-29-11-3-12-30-69)57-78(60-81)70-31-13-4-14-32-70)111-108(113-109)82-61-79(71-33-15-5-16-34-71)58-80(62-82)72-35-17-6-18-36-72)64-99-104(98)110(96-65-94-90-43-21-39-75-37-19-41-86(100(75)90)88-45-23-47-92(102(88)94)105(96)114)97-66-95-91-44-22-40-76-38-20-42-87(101(76)91)89-46-24-48-93(103(89)95)106(97)115(99)85-55-51-74(52-56-85)68-27-9-2-10-28-68/h1-66H. The van der Waals surface area contributed by atoms with Crippen molar-refractivity contribution in [2.75, 3.05) is 9.80 Å². The summed E-state index contributed by atoms with van der Waals surface area (Å²) in [7, 11) is 0. The summed E-state index contributed by atoms with van der Waals surface area (Å²) in [4.78, 5) is 23.0. The van der Waals surface area contributed by atoms with Gasteiger partial charge >= 0.3 is 0 Å². The van der Waals surface area contributed by atoms with Gasteiger partial charge in [0.25, 0.3) is 6.71 Å². The Balaban J connectivity index is 0.862. The van der Waals surface area contributed by atoms with Crippen LogP contribution < -0.4 is 26.2 Å². The van der Waals surface area contributed by atoms with E-state index in [1.165, 1.54) is 103 Å². The summed E-state index contributed by atoms with van der Waals surface area (Å²) in [6.07, 6.45) is 0. The molecule has 0 atom stereocenters. The first kappa shape index (κ1) is 64.7. The van der Waals surface area contributed by atoms with Crippen molar-refractivity contribution in [2.45, 2.75) is 0 Å². The molecule has 0 fully saturated rings. The van der Waals surface area contributed by atoms with Gasteiger partial charge < -0.3 is 9.80 Å². The molecule has 21 aromatic carbocycles. The third-order valence-corrected chi connectivity index (χ3v) is 24.4. The molecule has 6 heteroatoms. The van der Waals surface area contributed by atoms with Crippen LogP contribution in [0.15, 0.2) is 400 Å². The molecule has 0 radical (unpaired) electrons. The van der Waals surface area contributed by atoms with Crippen molar-refractivity contribution in [1.29, 1.82) is 0 Å². The van der Waals surface area contributed by atoms with E-state index in [9.17, 15) is 0 Å². The highest BCUT2D eigenvalue weighted by Crippen LogP contribution is 2.54. The van der Waals surface area contributed by atoms with E-state index in [1.807, 2.05) is 0 Å². The predicted molar refractivity (Wildman–Crippen MR) is 485 cm³/mol. The smallest absolute Gasteiger partial charge is 0.252 e. The average molecular weight is 1460 g/mol. The lowest BCUT2D eigenvalue weighted by Gasteiger charge is -2.45. The molecule has 115 heavy (non-hydrogen) atoms. The second kappa shape index (κ2) is 25.7. The molecule has 0 N–H and O–H groups in total. The highest BCUT2D eigenvalue weighted by Gasteiger charge is 2.46. The van der Waals surface area contributed by atoms with Gasteiger partial charge in [0.15, 0.2) is 17.5 Å². The Hall–Kier alpha value is -15.1. The summed E-state index contributed by atoms with van der Waals surface area (Å²) in [6.45, 7) is -0.330. The summed E-state index contributed by atoms with van der Waals surface area (Å²) in [6, 6.07) is 148. The number of hydrogen-bond acceptors (Lipinski definition) is 5. The number of anilines is 6. The first-order chi connectivity index (χ1) is 57.0. The molecule has 0 spiro atoms. The Morgan fingerprint density at radius 1 is 0.183 bits per heavy atom. The van der Waals surface area contributed by atoms with E-state index in [0.717, 1.165) is 118 Å². The van der Waals surface area contributed by atoms with Gasteiger partial charge in [-0.25, -0.2) is 15.0 Å². The molecule has 3 heterocycles. The zero-order valence-electron chi connectivity index (χ0n) is 62.4. The maximum Gasteiger partial charge on any atom is 0.252 e. The zero-order chi connectivity index (χ0) is 75.3. The molecular weight excluding hydrogens is 1390 g/mol. The van der Waals surface area contributed by atoms with Gasteiger partial charge in [-0.2, -0.15) is 0 Å². The van der Waals surface area contributed by atoms with E-state index >= 15 is 0 Å². The first-order valence-electron chi connectivity index (χ1n) is 39.6. The summed E-state index contributed by atoms with van der Waals surface area (Å²) in [5.41, 5.74) is 25.7. The Labute approximate surface area is 665 Å². The van der Waals surface area contributed by atoms with E-state index < -0.39 is 0 Å². The van der Waals surface area contributed by atoms with Crippen molar-refractivity contribution in [1.82, 2.24) is 15.0 Å². The molecule has 0 unspecified atom stereocenters. The van der Waals surface area contributed by atoms with Gasteiger partial charge in [-0.3, -0.25) is 0 Å². The number of fused-ring (bicyclic) bond motifs is 10. The third-order valence-electron chi connectivity index (χ3n) is 24.4. The van der Waals surface area contributed by atoms with Gasteiger partial charge in [-0.05, 0) is 231 Å². The lowest BCUT2D eigenvalue weighted by Crippen LogP contribution is -2.61. The Morgan fingerprint density at radius 2 is 0.435 bits per heavy atom. The van der Waals surface area contributed by atoms with Crippen molar-refractivity contribution >= 4 is 143 Å². The van der Waals surface area contributed by atoms with Crippen LogP contribution in [0.25, 0.3) is 187 Å². The van der Waals surface area contributed by atoms with Gasteiger partial charge in [0.2, 0.25) is 0 Å². The van der Waals surface area contributed by atoms with Crippen molar-refractivity contribution in [3.05, 3.63) is 400 Å². The number of hydrogen-bond donors (Lipinski definition) is 0. The number of benzene rings is 21. The molecule has 24 rings (SSSR count). The number of nitrogens with zero attached hydrogens (tertiary/aromatic N) is 5. The fraction of sp³-hybridized carbons (Fsp3) is 0. The molecule has 0 aliphatic carbocycles. The van der Waals surface area contributed by atoms with Gasteiger partial charge in [0.1, 0.15) is 0 Å². The summed E-state index contributed by atoms with van der Waals surface area (Å²) < 4.78 is 0. The van der Waals surface area contributed by atoms with Gasteiger partial charge in [-0.1, -0.05) is 328 Å².